The molecule has 1 aromatic heterocycles. The number of imidazole rings is 1. The van der Waals surface area contributed by atoms with E-state index in [0.717, 1.165) is 35.7 Å². The highest BCUT2D eigenvalue weighted by Gasteiger charge is 2.49. The van der Waals surface area contributed by atoms with Crippen LogP contribution in [0.4, 0.5) is 0 Å². The number of halogens is 1. The van der Waals surface area contributed by atoms with Crippen LogP contribution in [0.1, 0.15) is 59.1 Å². The summed E-state index contributed by atoms with van der Waals surface area (Å²) in [5, 5.41) is 3.14. The molecule has 0 bridgehead atoms. The fourth-order valence-corrected chi connectivity index (χ4v) is 4.86. The molecule has 31 heavy (non-hydrogen) atoms. The molecule has 0 spiro atoms. The molecular weight excluding hydrogens is 464 g/mol. The van der Waals surface area contributed by atoms with Crippen LogP contribution >= 0.6 is 15.9 Å². The molecule has 0 saturated heterocycles. The highest BCUT2D eigenvalue weighted by Crippen LogP contribution is 2.32. The van der Waals surface area contributed by atoms with Crippen molar-refractivity contribution in [3.63, 3.8) is 0 Å². The van der Waals surface area contributed by atoms with Gasteiger partial charge in [0, 0.05) is 17.1 Å². The number of fused-ring (bicyclic) bond motifs is 1. The van der Waals surface area contributed by atoms with E-state index >= 15 is 0 Å². The Kier molecular flexibility index (Phi) is 5.88. The number of ether oxygens (including phenoxy) is 1. The Balaban J connectivity index is 1.73. The van der Waals surface area contributed by atoms with E-state index in [9.17, 15) is 14.4 Å². The summed E-state index contributed by atoms with van der Waals surface area (Å²) in [4.78, 5) is 44.9. The maximum atomic E-state index is 13.6. The molecule has 164 valence electrons. The van der Waals surface area contributed by atoms with Crippen LogP contribution in [0.25, 0.3) is 0 Å². The molecule has 2 heterocycles. The summed E-state index contributed by atoms with van der Waals surface area (Å²) < 4.78 is 7.26. The molecule has 2 aromatic rings. The molecule has 9 heteroatoms. The number of hydrogen-bond donors (Lipinski definition) is 1. The number of nitrogens with zero attached hydrogens (tertiary/aromatic N) is 3. The number of hydrogen-bond acceptors (Lipinski definition) is 5. The van der Waals surface area contributed by atoms with Crippen molar-refractivity contribution in [2.45, 2.75) is 57.3 Å². The zero-order valence-corrected chi connectivity index (χ0v) is 19.1. The van der Waals surface area contributed by atoms with Gasteiger partial charge in [0.1, 0.15) is 11.2 Å². The van der Waals surface area contributed by atoms with Crippen molar-refractivity contribution in [1.82, 2.24) is 19.8 Å². The molecule has 2 amide bonds. The highest BCUT2D eigenvalue weighted by atomic mass is 79.9. The molecule has 1 fully saturated rings. The summed E-state index contributed by atoms with van der Waals surface area (Å²) in [6.45, 7) is 2.19. The largest absolute Gasteiger partial charge is 0.464 e. The standard InChI is InChI=1S/C22H25BrN4O4/c1-22(21(30)25-16-8-3-4-9-16)12-26-13-24-17(20(29)31-2)18(26)19(28)27(22)11-14-6-5-7-15(23)10-14/h5-7,10,13,16H,3-4,8-9,11-12H2,1-2H3,(H,25,30). The third-order valence-corrected chi connectivity index (χ3v) is 6.64. The molecule has 1 aliphatic carbocycles. The third-order valence-electron chi connectivity index (χ3n) is 6.15. The molecule has 0 radical (unpaired) electrons. The lowest BCUT2D eigenvalue weighted by Gasteiger charge is -2.44. The fourth-order valence-electron chi connectivity index (χ4n) is 4.41. The zero-order valence-electron chi connectivity index (χ0n) is 17.6. The van der Waals surface area contributed by atoms with Gasteiger partial charge in [-0.2, -0.15) is 0 Å². The minimum absolute atomic E-state index is 0.0370. The Morgan fingerprint density at radius 1 is 1.32 bits per heavy atom. The van der Waals surface area contributed by atoms with Crippen molar-refractivity contribution in [2.75, 3.05) is 7.11 Å². The van der Waals surface area contributed by atoms with Gasteiger partial charge in [-0.25, -0.2) is 9.78 Å². The molecule has 1 aromatic carbocycles. The molecule has 2 aliphatic rings. The normalized spacial score (nSPS) is 21.1. The zero-order chi connectivity index (χ0) is 22.2. The van der Waals surface area contributed by atoms with Crippen molar-refractivity contribution < 1.29 is 19.1 Å². The van der Waals surface area contributed by atoms with Gasteiger partial charge in [0.25, 0.3) is 5.91 Å². The number of carbonyl (C=O) groups excluding carboxylic acids is 3. The first-order valence-corrected chi connectivity index (χ1v) is 11.1. The number of aromatic nitrogens is 2. The fraction of sp³-hybridized carbons (Fsp3) is 0.455. The van der Waals surface area contributed by atoms with E-state index in [0.29, 0.717) is 0 Å². The van der Waals surface area contributed by atoms with E-state index in [1.54, 1.807) is 16.4 Å². The van der Waals surface area contributed by atoms with Crippen LogP contribution in [0.5, 0.6) is 0 Å². The second-order valence-corrected chi connectivity index (χ2v) is 9.23. The quantitative estimate of drug-likeness (QED) is 0.653. The first-order valence-electron chi connectivity index (χ1n) is 10.3. The van der Waals surface area contributed by atoms with Crippen LogP contribution < -0.4 is 5.32 Å². The van der Waals surface area contributed by atoms with E-state index < -0.39 is 17.4 Å². The highest BCUT2D eigenvalue weighted by molar-refractivity contribution is 9.10. The van der Waals surface area contributed by atoms with Gasteiger partial charge in [-0.15, -0.1) is 0 Å². The van der Waals surface area contributed by atoms with Gasteiger partial charge in [0.05, 0.1) is 20.0 Å². The van der Waals surface area contributed by atoms with Gasteiger partial charge in [0.2, 0.25) is 5.91 Å². The van der Waals surface area contributed by atoms with Gasteiger partial charge in [-0.3, -0.25) is 9.59 Å². The van der Waals surface area contributed by atoms with Crippen molar-refractivity contribution in [3.05, 3.63) is 52.0 Å². The Hall–Kier alpha value is -2.68. The van der Waals surface area contributed by atoms with Gasteiger partial charge in [-0.05, 0) is 37.5 Å². The molecule has 8 nitrogen and oxygen atoms in total. The number of amides is 2. The molecular formula is C22H25BrN4O4. The van der Waals surface area contributed by atoms with Crippen LogP contribution in [-0.4, -0.2) is 50.9 Å². The summed E-state index contributed by atoms with van der Waals surface area (Å²) in [5.41, 5.74) is -0.156. The van der Waals surface area contributed by atoms with Gasteiger partial charge >= 0.3 is 5.97 Å². The smallest absolute Gasteiger partial charge is 0.359 e. The van der Waals surface area contributed by atoms with Crippen LogP contribution in [0.3, 0.4) is 0 Å². The minimum atomic E-state index is -1.14. The monoisotopic (exact) mass is 488 g/mol. The topological polar surface area (TPSA) is 93.5 Å². The van der Waals surface area contributed by atoms with Crippen molar-refractivity contribution in [2.24, 2.45) is 0 Å². The van der Waals surface area contributed by atoms with Crippen molar-refractivity contribution in [1.29, 1.82) is 0 Å². The number of nitrogens with one attached hydrogen (secondary N) is 1. The van der Waals surface area contributed by atoms with E-state index in [4.69, 9.17) is 4.74 Å². The molecule has 1 atom stereocenters. The Bertz CT molecular complexity index is 1030. The predicted molar refractivity (Wildman–Crippen MR) is 116 cm³/mol. The number of carbonyl (C=O) groups is 3. The van der Waals surface area contributed by atoms with Crippen molar-refractivity contribution >= 4 is 33.7 Å². The first-order chi connectivity index (χ1) is 14.8. The van der Waals surface area contributed by atoms with Gasteiger partial charge in [-0.1, -0.05) is 40.9 Å². The predicted octanol–water partition coefficient (Wildman–Crippen LogP) is 2.91. The van der Waals surface area contributed by atoms with Gasteiger partial charge in [0.15, 0.2) is 5.69 Å². The summed E-state index contributed by atoms with van der Waals surface area (Å²) in [5.74, 6) is -1.29. The molecule has 1 aliphatic heterocycles. The van der Waals surface area contributed by atoms with Crippen LogP contribution in [0.15, 0.2) is 35.1 Å². The van der Waals surface area contributed by atoms with E-state index in [1.165, 1.54) is 13.4 Å². The van der Waals surface area contributed by atoms with Crippen molar-refractivity contribution in [3.8, 4) is 0 Å². The number of benzene rings is 1. The lowest BCUT2D eigenvalue weighted by molar-refractivity contribution is -0.134. The number of rotatable bonds is 5. The van der Waals surface area contributed by atoms with E-state index in [2.05, 4.69) is 26.2 Å². The third kappa shape index (κ3) is 3.98. The van der Waals surface area contributed by atoms with Gasteiger partial charge < -0.3 is 19.5 Å². The molecule has 1 N–H and O–H groups in total. The lowest BCUT2D eigenvalue weighted by Crippen LogP contribution is -2.64. The molecule has 4 rings (SSSR count). The average Bonchev–Trinajstić information content (AvgIpc) is 3.40. The van der Waals surface area contributed by atoms with E-state index in [1.807, 2.05) is 24.3 Å². The lowest BCUT2D eigenvalue weighted by atomic mass is 9.93. The number of esters is 1. The Morgan fingerprint density at radius 3 is 2.74 bits per heavy atom. The molecule has 1 unspecified atom stereocenters. The Labute approximate surface area is 189 Å². The molecule has 1 saturated carbocycles. The maximum Gasteiger partial charge on any atom is 0.359 e. The summed E-state index contributed by atoms with van der Waals surface area (Å²) in [6.07, 6.45) is 5.51. The SMILES string of the molecule is COC(=O)c1ncn2c1C(=O)N(Cc1cccc(Br)c1)C(C)(C(=O)NC1CCCC1)C2. The minimum Gasteiger partial charge on any atom is -0.464 e. The summed E-state index contributed by atoms with van der Waals surface area (Å²) in [7, 11) is 1.25. The van der Waals surface area contributed by atoms with Crippen LogP contribution in [0, 0.1) is 0 Å². The van der Waals surface area contributed by atoms with E-state index in [-0.39, 0.29) is 36.4 Å². The Morgan fingerprint density at radius 2 is 2.06 bits per heavy atom. The second kappa shape index (κ2) is 8.45. The maximum absolute atomic E-state index is 13.6. The second-order valence-electron chi connectivity index (χ2n) is 8.31. The number of methoxy groups -OCH3 is 1. The van der Waals surface area contributed by atoms with Crippen LogP contribution in [-0.2, 0) is 22.6 Å². The summed E-state index contributed by atoms with van der Waals surface area (Å²) >= 11 is 3.46. The average molecular weight is 489 g/mol. The first kappa shape index (κ1) is 21.5. The summed E-state index contributed by atoms with van der Waals surface area (Å²) in [6, 6.07) is 7.73. The van der Waals surface area contributed by atoms with Crippen LogP contribution in [0.2, 0.25) is 0 Å².